The van der Waals surface area contributed by atoms with Gasteiger partial charge in [-0.25, -0.2) is 9.78 Å². The van der Waals surface area contributed by atoms with Crippen molar-refractivity contribution in [2.45, 2.75) is 19.8 Å². The minimum Gasteiger partial charge on any atom is -0.464 e. The van der Waals surface area contributed by atoms with Gasteiger partial charge in [0, 0.05) is 19.0 Å². The van der Waals surface area contributed by atoms with Crippen LogP contribution >= 0.6 is 0 Å². The van der Waals surface area contributed by atoms with Gasteiger partial charge in [-0.1, -0.05) is 6.07 Å². The number of ketones is 1. The number of esters is 1. The second-order valence-electron chi connectivity index (χ2n) is 4.03. The third-order valence-corrected chi connectivity index (χ3v) is 2.70. The third kappa shape index (κ3) is 2.25. The van der Waals surface area contributed by atoms with E-state index in [-0.39, 0.29) is 11.5 Å². The van der Waals surface area contributed by atoms with Crippen molar-refractivity contribution in [1.29, 1.82) is 0 Å². The van der Waals surface area contributed by atoms with E-state index in [1.54, 1.807) is 6.07 Å². The number of Topliss-reactive ketones (excluding diaryl/α,β-unsaturated/α-hetero) is 1. The predicted octanol–water partition coefficient (Wildman–Crippen LogP) is 1.64. The summed E-state index contributed by atoms with van der Waals surface area (Å²) in [5.41, 5.74) is 0.986. The third-order valence-electron chi connectivity index (χ3n) is 2.70. The van der Waals surface area contributed by atoms with E-state index < -0.39 is 5.97 Å². The summed E-state index contributed by atoms with van der Waals surface area (Å²) in [6.45, 7) is 1.54. The van der Waals surface area contributed by atoms with Gasteiger partial charge in [-0.05, 0) is 19.1 Å². The summed E-state index contributed by atoms with van der Waals surface area (Å²) in [4.78, 5) is 26.9. The molecule has 0 radical (unpaired) electrons. The Morgan fingerprint density at radius 1 is 1.39 bits per heavy atom. The molecule has 2 heterocycles. The Labute approximate surface area is 104 Å². The number of nitrogens with zero attached hydrogens (tertiary/aromatic N) is 2. The predicted molar refractivity (Wildman–Crippen MR) is 65.5 cm³/mol. The Morgan fingerprint density at radius 2 is 2.17 bits per heavy atom. The molecule has 0 spiro atoms. The van der Waals surface area contributed by atoms with Crippen LogP contribution in [0.25, 0.3) is 5.52 Å². The van der Waals surface area contributed by atoms with Crippen molar-refractivity contribution < 1.29 is 14.3 Å². The highest BCUT2D eigenvalue weighted by atomic mass is 16.5. The van der Waals surface area contributed by atoms with Gasteiger partial charge in [0.1, 0.15) is 11.6 Å². The molecule has 0 saturated carbocycles. The molecule has 0 amide bonds. The number of hydrogen-bond donors (Lipinski definition) is 0. The molecule has 0 unspecified atom stereocenters. The van der Waals surface area contributed by atoms with Gasteiger partial charge in [-0.3, -0.25) is 0 Å². The molecule has 94 valence electrons. The molecular formula is C13H14N2O3. The maximum Gasteiger partial charge on any atom is 0.358 e. The van der Waals surface area contributed by atoms with Crippen LogP contribution in [0, 0.1) is 0 Å². The first-order valence-corrected chi connectivity index (χ1v) is 5.67. The van der Waals surface area contributed by atoms with Crippen LogP contribution in [0.3, 0.4) is 0 Å². The standard InChI is InChI=1S/C13H14N2O3/c1-9(16)6-7-11-14-12(13(17)18-2)10-5-3-4-8-15(10)11/h3-5,8H,6-7H2,1-2H3. The first-order valence-electron chi connectivity index (χ1n) is 5.67. The number of carbonyl (C=O) groups is 2. The van der Waals surface area contributed by atoms with Gasteiger partial charge >= 0.3 is 5.97 Å². The highest BCUT2D eigenvalue weighted by Gasteiger charge is 2.17. The summed E-state index contributed by atoms with van der Waals surface area (Å²) in [6.07, 6.45) is 2.75. The number of pyridine rings is 1. The van der Waals surface area contributed by atoms with E-state index in [1.165, 1.54) is 14.0 Å². The Bertz CT molecular complexity index is 601. The highest BCUT2D eigenvalue weighted by molar-refractivity contribution is 5.95. The van der Waals surface area contributed by atoms with Crippen molar-refractivity contribution in [2.24, 2.45) is 0 Å². The lowest BCUT2D eigenvalue weighted by Gasteiger charge is -1.98. The lowest BCUT2D eigenvalue weighted by molar-refractivity contribution is -0.117. The average molecular weight is 246 g/mol. The number of hydrogen-bond acceptors (Lipinski definition) is 4. The van der Waals surface area contributed by atoms with E-state index in [0.717, 1.165) is 0 Å². The SMILES string of the molecule is COC(=O)c1nc(CCC(C)=O)n2ccccc12. The fourth-order valence-electron chi connectivity index (χ4n) is 1.81. The molecule has 2 aromatic heterocycles. The van der Waals surface area contributed by atoms with E-state index in [0.29, 0.717) is 24.2 Å². The molecule has 2 aromatic rings. The fourth-order valence-corrected chi connectivity index (χ4v) is 1.81. The molecule has 0 aliphatic rings. The topological polar surface area (TPSA) is 60.7 Å². The first-order chi connectivity index (χ1) is 8.63. The maximum atomic E-state index is 11.6. The fraction of sp³-hybridized carbons (Fsp3) is 0.308. The van der Waals surface area contributed by atoms with Crippen molar-refractivity contribution in [3.05, 3.63) is 35.9 Å². The molecule has 0 fully saturated rings. The van der Waals surface area contributed by atoms with Crippen LogP contribution in [-0.4, -0.2) is 28.2 Å². The monoisotopic (exact) mass is 246 g/mol. The number of carbonyl (C=O) groups excluding carboxylic acids is 2. The van der Waals surface area contributed by atoms with Gasteiger partial charge in [0.25, 0.3) is 0 Å². The number of ether oxygens (including phenoxy) is 1. The molecule has 0 bridgehead atoms. The number of imidazole rings is 1. The normalized spacial score (nSPS) is 10.6. The molecule has 5 heteroatoms. The second kappa shape index (κ2) is 5.00. The zero-order valence-electron chi connectivity index (χ0n) is 10.3. The van der Waals surface area contributed by atoms with Crippen LogP contribution in [0.15, 0.2) is 24.4 Å². The van der Waals surface area contributed by atoms with Crippen LogP contribution in [0.2, 0.25) is 0 Å². The lowest BCUT2D eigenvalue weighted by atomic mass is 10.2. The first kappa shape index (κ1) is 12.3. The summed E-state index contributed by atoms with van der Waals surface area (Å²) in [5.74, 6) is 0.330. The highest BCUT2D eigenvalue weighted by Crippen LogP contribution is 2.15. The molecule has 0 N–H and O–H groups in total. The van der Waals surface area contributed by atoms with E-state index in [4.69, 9.17) is 4.74 Å². The molecule has 0 atom stereocenters. The maximum absolute atomic E-state index is 11.6. The lowest BCUT2D eigenvalue weighted by Crippen LogP contribution is -2.02. The van der Waals surface area contributed by atoms with Crippen molar-refractivity contribution >= 4 is 17.3 Å². The molecule has 2 rings (SSSR count). The summed E-state index contributed by atoms with van der Waals surface area (Å²) >= 11 is 0. The Balaban J connectivity index is 2.47. The van der Waals surface area contributed by atoms with Gasteiger partial charge in [-0.15, -0.1) is 0 Å². The van der Waals surface area contributed by atoms with E-state index in [9.17, 15) is 9.59 Å². The van der Waals surface area contributed by atoms with Gasteiger partial charge in [0.15, 0.2) is 5.69 Å². The molecule has 18 heavy (non-hydrogen) atoms. The molecule has 0 aromatic carbocycles. The van der Waals surface area contributed by atoms with E-state index in [1.807, 2.05) is 22.7 Å². The smallest absolute Gasteiger partial charge is 0.358 e. The molecule has 0 aliphatic heterocycles. The summed E-state index contributed by atoms with van der Waals surface area (Å²) in [5, 5.41) is 0. The van der Waals surface area contributed by atoms with Crippen molar-refractivity contribution in [1.82, 2.24) is 9.38 Å². The molecular weight excluding hydrogens is 232 g/mol. The zero-order chi connectivity index (χ0) is 13.1. The van der Waals surface area contributed by atoms with Crippen molar-refractivity contribution in [2.75, 3.05) is 7.11 Å². The second-order valence-corrected chi connectivity index (χ2v) is 4.03. The van der Waals surface area contributed by atoms with Gasteiger partial charge in [-0.2, -0.15) is 0 Å². The minimum atomic E-state index is -0.465. The quantitative estimate of drug-likeness (QED) is 0.769. The van der Waals surface area contributed by atoms with Gasteiger partial charge in [0.2, 0.25) is 0 Å². The number of aromatic nitrogens is 2. The van der Waals surface area contributed by atoms with Gasteiger partial charge < -0.3 is 13.9 Å². The zero-order valence-corrected chi connectivity index (χ0v) is 10.3. The van der Waals surface area contributed by atoms with Gasteiger partial charge in [0.05, 0.1) is 12.6 Å². The van der Waals surface area contributed by atoms with Crippen LogP contribution in [0.4, 0.5) is 0 Å². The van der Waals surface area contributed by atoms with E-state index >= 15 is 0 Å². The molecule has 0 saturated heterocycles. The van der Waals surface area contributed by atoms with Crippen LogP contribution in [-0.2, 0) is 16.0 Å². The van der Waals surface area contributed by atoms with Crippen molar-refractivity contribution in [3.63, 3.8) is 0 Å². The van der Waals surface area contributed by atoms with Crippen molar-refractivity contribution in [3.8, 4) is 0 Å². The Hall–Kier alpha value is -2.17. The number of aryl methyl sites for hydroxylation is 1. The van der Waals surface area contributed by atoms with E-state index in [2.05, 4.69) is 4.98 Å². The Morgan fingerprint density at radius 3 is 2.83 bits per heavy atom. The number of fused-ring (bicyclic) bond motifs is 1. The summed E-state index contributed by atoms with van der Waals surface area (Å²) in [7, 11) is 1.33. The van der Waals surface area contributed by atoms with Crippen LogP contribution < -0.4 is 0 Å². The van der Waals surface area contributed by atoms with Crippen LogP contribution in [0.5, 0.6) is 0 Å². The summed E-state index contributed by atoms with van der Waals surface area (Å²) in [6, 6.07) is 5.49. The number of methoxy groups -OCH3 is 1. The minimum absolute atomic E-state index is 0.0994. The molecule has 5 nitrogen and oxygen atoms in total. The average Bonchev–Trinajstić information content (AvgIpc) is 2.74. The largest absolute Gasteiger partial charge is 0.464 e. The number of rotatable bonds is 4. The summed E-state index contributed by atoms with van der Waals surface area (Å²) < 4.78 is 6.52. The van der Waals surface area contributed by atoms with Crippen LogP contribution in [0.1, 0.15) is 29.7 Å². The Kier molecular flexibility index (Phi) is 3.41. The molecule has 0 aliphatic carbocycles.